The third-order valence-corrected chi connectivity index (χ3v) is 3.99. The number of rotatable bonds is 2. The van der Waals surface area contributed by atoms with Gasteiger partial charge in [-0.25, -0.2) is 0 Å². The quantitative estimate of drug-likeness (QED) is 0.461. The van der Waals surface area contributed by atoms with Gasteiger partial charge in [0.15, 0.2) is 0 Å². The molecule has 2 aromatic carbocycles. The van der Waals surface area contributed by atoms with E-state index in [4.69, 9.17) is 11.6 Å². The number of benzene rings is 2. The molecule has 0 atom stereocenters. The van der Waals surface area contributed by atoms with Crippen LogP contribution in [0.3, 0.4) is 0 Å². The molecule has 0 saturated heterocycles. The summed E-state index contributed by atoms with van der Waals surface area (Å²) in [6.45, 7) is 2.08. The first-order valence-corrected chi connectivity index (χ1v) is 7.20. The van der Waals surface area contributed by atoms with E-state index in [1.807, 2.05) is 18.2 Å². The highest BCUT2D eigenvalue weighted by molar-refractivity contribution is 6.31. The van der Waals surface area contributed by atoms with E-state index < -0.39 is 0 Å². The van der Waals surface area contributed by atoms with Gasteiger partial charge in [0.1, 0.15) is 5.82 Å². The molecule has 3 N–H and O–H groups in total. The molecule has 4 rings (SSSR count). The van der Waals surface area contributed by atoms with Crippen LogP contribution in [0.25, 0.3) is 22.0 Å². The van der Waals surface area contributed by atoms with Gasteiger partial charge in [-0.05, 0) is 42.6 Å². The summed E-state index contributed by atoms with van der Waals surface area (Å²) in [5.74, 6) is 0.959. The summed E-state index contributed by atoms with van der Waals surface area (Å²) in [6.07, 6.45) is 0. The molecule has 2 aliphatic rings. The van der Waals surface area contributed by atoms with Crippen LogP contribution in [0.15, 0.2) is 48.5 Å². The first-order chi connectivity index (χ1) is 10.2. The van der Waals surface area contributed by atoms with Crippen LogP contribution in [0.4, 0.5) is 11.5 Å². The average Bonchev–Trinajstić information content (AvgIpc) is 3.01. The number of hydrogen-bond donors (Lipinski definition) is 3. The normalized spacial score (nSPS) is 11.3. The molecule has 0 fully saturated rings. The topological polar surface area (TPSA) is 43.6 Å². The number of hydrogen-bond acceptors (Lipinski definition) is 1. The van der Waals surface area contributed by atoms with Crippen molar-refractivity contribution in [3.05, 3.63) is 59.1 Å². The van der Waals surface area contributed by atoms with Crippen LogP contribution in [-0.2, 0) is 0 Å². The summed E-state index contributed by atoms with van der Waals surface area (Å²) < 4.78 is 0. The molecule has 0 spiro atoms. The van der Waals surface area contributed by atoms with Gasteiger partial charge < -0.3 is 5.32 Å². The molecule has 3 nitrogen and oxygen atoms in total. The highest BCUT2D eigenvalue weighted by atomic mass is 35.5. The van der Waals surface area contributed by atoms with Crippen molar-refractivity contribution < 1.29 is 0 Å². The number of H-pyrrole nitrogens is 2. The van der Waals surface area contributed by atoms with Crippen LogP contribution in [0.2, 0.25) is 5.02 Å². The molecule has 0 radical (unpaired) electrons. The molecular formula is C17H14ClN3. The number of aryl methyl sites for hydroxylation is 1. The van der Waals surface area contributed by atoms with Gasteiger partial charge >= 0.3 is 0 Å². The lowest BCUT2D eigenvalue weighted by atomic mass is 10.2. The van der Waals surface area contributed by atoms with Gasteiger partial charge in [0.2, 0.25) is 0 Å². The summed E-state index contributed by atoms with van der Waals surface area (Å²) in [7, 11) is 0. The third-order valence-electron chi connectivity index (χ3n) is 3.75. The molecule has 2 aromatic rings. The van der Waals surface area contributed by atoms with Crippen LogP contribution in [0.5, 0.6) is 0 Å². The number of aromatic amines is 2. The van der Waals surface area contributed by atoms with Gasteiger partial charge in [-0.1, -0.05) is 35.4 Å². The van der Waals surface area contributed by atoms with E-state index >= 15 is 0 Å². The Hall–Kier alpha value is -2.39. The second-order valence-corrected chi connectivity index (χ2v) is 5.72. The van der Waals surface area contributed by atoms with Crippen LogP contribution < -0.4 is 5.32 Å². The van der Waals surface area contributed by atoms with E-state index in [1.165, 1.54) is 10.9 Å². The maximum Gasteiger partial charge on any atom is 0.132 e. The maximum absolute atomic E-state index is 6.06. The Morgan fingerprint density at radius 3 is 2.57 bits per heavy atom. The lowest BCUT2D eigenvalue weighted by molar-refractivity contribution is 1.11. The Bertz CT molecular complexity index is 886. The van der Waals surface area contributed by atoms with Crippen LogP contribution in [0.1, 0.15) is 5.56 Å². The molecule has 104 valence electrons. The van der Waals surface area contributed by atoms with Gasteiger partial charge in [0.05, 0.1) is 5.69 Å². The molecular weight excluding hydrogens is 282 g/mol. The first kappa shape index (κ1) is 12.4. The van der Waals surface area contributed by atoms with Crippen molar-refractivity contribution in [1.82, 2.24) is 10.2 Å². The Morgan fingerprint density at radius 1 is 0.952 bits per heavy atom. The highest BCUT2D eigenvalue weighted by Crippen LogP contribution is 2.39. The zero-order valence-electron chi connectivity index (χ0n) is 11.5. The fraction of sp³-hybridized carbons (Fsp3) is 0.0588. The van der Waals surface area contributed by atoms with Crippen LogP contribution >= 0.6 is 11.6 Å². The largest absolute Gasteiger partial charge is 0.340 e. The van der Waals surface area contributed by atoms with E-state index in [9.17, 15) is 0 Å². The summed E-state index contributed by atoms with van der Waals surface area (Å²) in [5.41, 5.74) is 4.53. The number of aromatic nitrogens is 2. The SMILES string of the molecule is Cc1ccc(Nc2[nH][nH]c3c4ccc(Cl)cc4cc2-3)cc1. The lowest BCUT2D eigenvalue weighted by Gasteiger charge is -2.04. The van der Waals surface area contributed by atoms with Crippen molar-refractivity contribution in [2.45, 2.75) is 6.92 Å². The van der Waals surface area contributed by atoms with Gasteiger partial charge in [-0.2, -0.15) is 0 Å². The van der Waals surface area contributed by atoms with Crippen molar-refractivity contribution in [2.24, 2.45) is 0 Å². The van der Waals surface area contributed by atoms with Crippen molar-refractivity contribution >= 4 is 33.9 Å². The zero-order chi connectivity index (χ0) is 14.4. The Morgan fingerprint density at radius 2 is 1.76 bits per heavy atom. The first-order valence-electron chi connectivity index (χ1n) is 6.83. The predicted octanol–water partition coefficient (Wildman–Crippen LogP) is 5.31. The zero-order valence-corrected chi connectivity index (χ0v) is 12.3. The molecule has 1 aliphatic carbocycles. The summed E-state index contributed by atoms with van der Waals surface area (Å²) in [5, 5.41) is 12.9. The fourth-order valence-corrected chi connectivity index (χ4v) is 2.84. The molecule has 0 bridgehead atoms. The number of halogens is 1. The van der Waals surface area contributed by atoms with E-state index in [-0.39, 0.29) is 0 Å². The third kappa shape index (κ3) is 2.06. The summed E-state index contributed by atoms with van der Waals surface area (Å²) in [6, 6.07) is 16.4. The second kappa shape index (κ2) is 4.57. The second-order valence-electron chi connectivity index (χ2n) is 5.28. The molecule has 0 amide bonds. The summed E-state index contributed by atoms with van der Waals surface area (Å²) >= 11 is 6.06. The van der Waals surface area contributed by atoms with Crippen LogP contribution in [0, 0.1) is 6.92 Å². The lowest BCUT2D eigenvalue weighted by Crippen LogP contribution is -1.91. The van der Waals surface area contributed by atoms with E-state index in [2.05, 4.69) is 52.8 Å². The van der Waals surface area contributed by atoms with Crippen LogP contribution in [-0.4, -0.2) is 10.2 Å². The van der Waals surface area contributed by atoms with Crippen molar-refractivity contribution in [2.75, 3.05) is 5.32 Å². The Kier molecular flexibility index (Phi) is 2.69. The molecule has 1 heterocycles. The van der Waals surface area contributed by atoms with Gasteiger partial charge in [0, 0.05) is 21.7 Å². The Balaban J connectivity index is 1.77. The highest BCUT2D eigenvalue weighted by Gasteiger charge is 2.16. The van der Waals surface area contributed by atoms with Crippen molar-refractivity contribution in [3.63, 3.8) is 0 Å². The Labute approximate surface area is 127 Å². The van der Waals surface area contributed by atoms with Crippen molar-refractivity contribution in [1.29, 1.82) is 0 Å². The number of fused-ring (bicyclic) bond motifs is 3. The minimum Gasteiger partial charge on any atom is -0.340 e. The fourth-order valence-electron chi connectivity index (χ4n) is 2.66. The minimum absolute atomic E-state index is 0.757. The smallest absolute Gasteiger partial charge is 0.132 e. The monoisotopic (exact) mass is 295 g/mol. The van der Waals surface area contributed by atoms with E-state index in [1.54, 1.807) is 0 Å². The molecule has 1 aliphatic heterocycles. The molecule has 0 aromatic heterocycles. The molecule has 21 heavy (non-hydrogen) atoms. The van der Waals surface area contributed by atoms with Gasteiger partial charge in [-0.3, -0.25) is 10.2 Å². The molecule has 0 unspecified atom stereocenters. The number of nitrogens with one attached hydrogen (secondary N) is 3. The molecule has 0 saturated carbocycles. The van der Waals surface area contributed by atoms with E-state index in [0.29, 0.717) is 0 Å². The molecule has 4 heteroatoms. The van der Waals surface area contributed by atoms with E-state index in [0.717, 1.165) is 33.2 Å². The van der Waals surface area contributed by atoms with Gasteiger partial charge in [0.25, 0.3) is 0 Å². The average molecular weight is 296 g/mol. The number of anilines is 2. The standard InChI is InChI=1S/C17H14ClN3/c1-10-2-5-13(6-3-10)19-17-15-9-11-8-12(18)4-7-14(11)16(15)20-21-17/h2-9,19-21H,1H3. The minimum atomic E-state index is 0.757. The predicted molar refractivity (Wildman–Crippen MR) is 88.7 cm³/mol. The summed E-state index contributed by atoms with van der Waals surface area (Å²) in [4.78, 5) is 0. The van der Waals surface area contributed by atoms with Crippen molar-refractivity contribution in [3.8, 4) is 11.3 Å². The van der Waals surface area contributed by atoms with Gasteiger partial charge in [-0.15, -0.1) is 0 Å². The maximum atomic E-state index is 6.06.